The minimum absolute atomic E-state index is 0.0966. The Morgan fingerprint density at radius 2 is 1.40 bits per heavy atom. The minimum Gasteiger partial charge on any atom is -0.492 e. The molecule has 1 unspecified atom stereocenters. The van der Waals surface area contributed by atoms with Gasteiger partial charge >= 0.3 is 5.97 Å². The Kier molecular flexibility index (Phi) is 10.3. The Morgan fingerprint density at radius 1 is 0.786 bits per heavy atom. The predicted molar refractivity (Wildman–Crippen MR) is 165 cm³/mol. The van der Waals surface area contributed by atoms with E-state index in [9.17, 15) is 14.4 Å². The van der Waals surface area contributed by atoms with Gasteiger partial charge in [0.25, 0.3) is 0 Å². The van der Waals surface area contributed by atoms with Gasteiger partial charge in [-0.3, -0.25) is 9.59 Å². The van der Waals surface area contributed by atoms with Gasteiger partial charge in [0.15, 0.2) is 11.6 Å². The van der Waals surface area contributed by atoms with Gasteiger partial charge in [0.05, 0.1) is 7.11 Å². The molecule has 7 nitrogen and oxygen atoms in total. The lowest BCUT2D eigenvalue weighted by Crippen LogP contribution is -2.33. The number of allylic oxidation sites excluding steroid dienone is 1. The summed E-state index contributed by atoms with van der Waals surface area (Å²) in [5.74, 6) is 0.00635. The van der Waals surface area contributed by atoms with Crippen LogP contribution in [-0.2, 0) is 16.0 Å². The maximum Gasteiger partial charge on any atom is 0.328 e. The van der Waals surface area contributed by atoms with Crippen molar-refractivity contribution in [2.45, 2.75) is 19.4 Å². The number of carbonyl (C=O) groups excluding carboxylic acids is 3. The highest BCUT2D eigenvalue weighted by Crippen LogP contribution is 2.23. The summed E-state index contributed by atoms with van der Waals surface area (Å²) in [6.45, 7) is 6.32. The number of Topliss-reactive ketones (excluding diaryl/α,β-unsaturated/α-hetero) is 1. The summed E-state index contributed by atoms with van der Waals surface area (Å²) < 4.78 is 10.9. The molecular formula is C35H34N2O5. The number of para-hydroxylation sites is 2. The van der Waals surface area contributed by atoms with Gasteiger partial charge in [-0.1, -0.05) is 73.3 Å². The topological polar surface area (TPSA) is 93.7 Å². The molecule has 0 amide bonds. The summed E-state index contributed by atoms with van der Waals surface area (Å²) >= 11 is 0. The standard InChI is InChI=1S/C35H34N2O5/c1-24(2)33(38)28-13-7-9-15-30(28)36-21-22-42-27-19-17-25(18-20-27)23-32(35(40)41-3)37-31-16-10-8-14-29(31)34(39)26-11-5-4-6-12-26/h4-20,32,36-37H,1,21-23H2,2-3H3. The fourth-order valence-electron chi connectivity index (χ4n) is 4.45. The van der Waals surface area contributed by atoms with E-state index in [1.54, 1.807) is 43.3 Å². The lowest BCUT2D eigenvalue weighted by molar-refractivity contribution is -0.141. The van der Waals surface area contributed by atoms with Gasteiger partial charge in [0.1, 0.15) is 18.4 Å². The van der Waals surface area contributed by atoms with Crippen molar-refractivity contribution >= 4 is 28.9 Å². The molecule has 0 aromatic heterocycles. The second-order valence-electron chi connectivity index (χ2n) is 9.74. The molecular weight excluding hydrogens is 528 g/mol. The van der Waals surface area contributed by atoms with E-state index in [2.05, 4.69) is 17.2 Å². The van der Waals surface area contributed by atoms with Crippen LogP contribution in [-0.4, -0.2) is 43.8 Å². The number of nitrogens with one attached hydrogen (secondary N) is 2. The summed E-state index contributed by atoms with van der Waals surface area (Å²) in [7, 11) is 1.34. The molecule has 42 heavy (non-hydrogen) atoms. The molecule has 0 saturated carbocycles. The smallest absolute Gasteiger partial charge is 0.328 e. The van der Waals surface area contributed by atoms with Crippen molar-refractivity contribution in [1.82, 2.24) is 0 Å². The zero-order chi connectivity index (χ0) is 29.9. The summed E-state index contributed by atoms with van der Waals surface area (Å²) in [5, 5.41) is 6.48. The molecule has 4 aromatic carbocycles. The van der Waals surface area contributed by atoms with E-state index in [1.165, 1.54) is 7.11 Å². The number of methoxy groups -OCH3 is 1. The second-order valence-corrected chi connectivity index (χ2v) is 9.74. The van der Waals surface area contributed by atoms with E-state index in [1.807, 2.05) is 66.7 Å². The Hall–Kier alpha value is -5.17. The number of ketones is 2. The quantitative estimate of drug-likeness (QED) is 0.0799. The summed E-state index contributed by atoms with van der Waals surface area (Å²) in [6, 6.07) is 30.2. The van der Waals surface area contributed by atoms with Gasteiger partial charge in [0.2, 0.25) is 0 Å². The molecule has 0 spiro atoms. The van der Waals surface area contributed by atoms with E-state index in [0.29, 0.717) is 53.3 Å². The van der Waals surface area contributed by atoms with Crippen LogP contribution in [0.15, 0.2) is 115 Å². The van der Waals surface area contributed by atoms with E-state index < -0.39 is 12.0 Å². The molecule has 0 saturated heterocycles. The third kappa shape index (κ3) is 7.73. The first-order chi connectivity index (χ1) is 20.4. The molecule has 0 fully saturated rings. The monoisotopic (exact) mass is 562 g/mol. The van der Waals surface area contributed by atoms with Gasteiger partial charge < -0.3 is 20.1 Å². The van der Waals surface area contributed by atoms with Gasteiger partial charge in [0, 0.05) is 41.0 Å². The Morgan fingerprint density at radius 3 is 2.07 bits per heavy atom. The average molecular weight is 563 g/mol. The summed E-state index contributed by atoms with van der Waals surface area (Å²) in [4.78, 5) is 38.2. The number of ether oxygens (including phenoxy) is 2. The maximum atomic E-state index is 13.2. The molecule has 7 heteroatoms. The zero-order valence-corrected chi connectivity index (χ0v) is 23.8. The molecule has 0 radical (unpaired) electrons. The molecule has 4 aromatic rings. The number of anilines is 2. The molecule has 0 aliphatic carbocycles. The molecule has 0 bridgehead atoms. The van der Waals surface area contributed by atoms with Gasteiger partial charge in [-0.2, -0.15) is 0 Å². The number of rotatable bonds is 14. The fraction of sp³-hybridized carbons (Fsp3) is 0.171. The minimum atomic E-state index is -0.710. The Balaban J connectivity index is 1.37. The van der Waals surface area contributed by atoms with E-state index in [4.69, 9.17) is 9.47 Å². The average Bonchev–Trinajstić information content (AvgIpc) is 3.03. The lowest BCUT2D eigenvalue weighted by atomic mass is 10.00. The van der Waals surface area contributed by atoms with Crippen LogP contribution in [0.1, 0.15) is 38.8 Å². The number of hydrogen-bond acceptors (Lipinski definition) is 7. The van der Waals surface area contributed by atoms with Crippen molar-refractivity contribution in [2.24, 2.45) is 0 Å². The SMILES string of the molecule is C=C(C)C(=O)c1ccccc1NCCOc1ccc(CC(Nc2ccccc2C(=O)c2ccccc2)C(=O)OC)cc1. The van der Waals surface area contributed by atoms with Gasteiger partial charge in [-0.25, -0.2) is 4.79 Å². The summed E-state index contributed by atoms with van der Waals surface area (Å²) in [6.07, 6.45) is 0.343. The van der Waals surface area contributed by atoms with E-state index >= 15 is 0 Å². The van der Waals surface area contributed by atoms with E-state index in [0.717, 1.165) is 11.3 Å². The largest absolute Gasteiger partial charge is 0.492 e. The molecule has 214 valence electrons. The van der Waals surface area contributed by atoms with E-state index in [-0.39, 0.29) is 11.6 Å². The Bertz CT molecular complexity index is 1550. The van der Waals surface area contributed by atoms with Crippen molar-refractivity contribution in [3.05, 3.63) is 138 Å². The van der Waals surface area contributed by atoms with Crippen LogP contribution in [0.2, 0.25) is 0 Å². The van der Waals surface area contributed by atoms with Gasteiger partial charge in [-0.05, 0) is 54.5 Å². The van der Waals surface area contributed by atoms with Gasteiger partial charge in [-0.15, -0.1) is 0 Å². The molecule has 4 rings (SSSR count). The van der Waals surface area contributed by atoms with Crippen LogP contribution in [0, 0.1) is 0 Å². The van der Waals surface area contributed by atoms with Crippen LogP contribution in [0.3, 0.4) is 0 Å². The third-order valence-corrected chi connectivity index (χ3v) is 6.63. The van der Waals surface area contributed by atoms with Crippen molar-refractivity contribution in [1.29, 1.82) is 0 Å². The molecule has 1 atom stereocenters. The number of hydrogen-bond donors (Lipinski definition) is 2. The van der Waals surface area contributed by atoms with Crippen molar-refractivity contribution in [3.8, 4) is 5.75 Å². The van der Waals surface area contributed by atoms with Crippen molar-refractivity contribution in [3.63, 3.8) is 0 Å². The highest BCUT2D eigenvalue weighted by Gasteiger charge is 2.22. The second kappa shape index (κ2) is 14.5. The number of esters is 1. The number of carbonyl (C=O) groups is 3. The first kappa shape index (κ1) is 29.8. The van der Waals surface area contributed by atoms with Crippen LogP contribution >= 0.6 is 0 Å². The highest BCUT2D eigenvalue weighted by molar-refractivity contribution is 6.12. The first-order valence-corrected chi connectivity index (χ1v) is 13.7. The van der Waals surface area contributed by atoms with Crippen molar-refractivity contribution in [2.75, 3.05) is 30.9 Å². The highest BCUT2D eigenvalue weighted by atomic mass is 16.5. The molecule has 0 aliphatic rings. The zero-order valence-electron chi connectivity index (χ0n) is 23.8. The molecule has 0 heterocycles. The predicted octanol–water partition coefficient (Wildman–Crippen LogP) is 6.36. The summed E-state index contributed by atoms with van der Waals surface area (Å²) in [5.41, 5.74) is 4.28. The first-order valence-electron chi connectivity index (χ1n) is 13.7. The normalized spacial score (nSPS) is 11.2. The van der Waals surface area contributed by atoms with Crippen LogP contribution in [0.4, 0.5) is 11.4 Å². The molecule has 0 aliphatic heterocycles. The Labute approximate surface area is 246 Å². The van der Waals surface area contributed by atoms with Crippen molar-refractivity contribution < 1.29 is 23.9 Å². The van der Waals surface area contributed by atoms with Crippen LogP contribution in [0.25, 0.3) is 0 Å². The third-order valence-electron chi connectivity index (χ3n) is 6.63. The maximum absolute atomic E-state index is 13.2. The number of benzene rings is 4. The fourth-order valence-corrected chi connectivity index (χ4v) is 4.45. The van der Waals surface area contributed by atoms with Crippen LogP contribution in [0.5, 0.6) is 5.75 Å². The lowest BCUT2D eigenvalue weighted by Gasteiger charge is -2.20. The van der Waals surface area contributed by atoms with Crippen LogP contribution < -0.4 is 15.4 Å². The molecule has 2 N–H and O–H groups in total.